The number of ether oxygens (including phenoxy) is 1. The lowest BCUT2D eigenvalue weighted by molar-refractivity contribution is -0.165. The van der Waals surface area contributed by atoms with Crippen LogP contribution in [0.1, 0.15) is 46.5 Å². The number of carbonyl (C=O) groups is 2. The van der Waals surface area contributed by atoms with Gasteiger partial charge in [-0.1, -0.05) is 0 Å². The lowest BCUT2D eigenvalue weighted by atomic mass is 9.70. The second-order valence-corrected chi connectivity index (χ2v) is 6.10. The highest BCUT2D eigenvalue weighted by Gasteiger charge is 2.43. The summed E-state index contributed by atoms with van der Waals surface area (Å²) in [6.07, 6.45) is 1.97. The Kier molecular flexibility index (Phi) is 4.37. The van der Waals surface area contributed by atoms with Crippen molar-refractivity contribution < 1.29 is 19.4 Å². The first-order valence-electron chi connectivity index (χ1n) is 6.36. The Morgan fingerprint density at radius 2 is 1.83 bits per heavy atom. The molecule has 0 spiro atoms. The lowest BCUT2D eigenvalue weighted by Gasteiger charge is -2.35. The van der Waals surface area contributed by atoms with Crippen LogP contribution < -0.4 is 5.73 Å². The molecule has 1 aliphatic rings. The molecule has 18 heavy (non-hydrogen) atoms. The minimum atomic E-state index is -0.854. The highest BCUT2D eigenvalue weighted by Crippen LogP contribution is 2.39. The third-order valence-corrected chi connectivity index (χ3v) is 3.53. The van der Waals surface area contributed by atoms with Crippen molar-refractivity contribution in [2.75, 3.05) is 6.54 Å². The van der Waals surface area contributed by atoms with Crippen LogP contribution in [-0.2, 0) is 14.3 Å². The van der Waals surface area contributed by atoms with Crippen molar-refractivity contribution in [3.8, 4) is 0 Å². The van der Waals surface area contributed by atoms with Crippen LogP contribution in [-0.4, -0.2) is 29.2 Å². The maximum Gasteiger partial charge on any atom is 0.310 e. The molecule has 0 aromatic carbocycles. The molecule has 5 nitrogen and oxygen atoms in total. The van der Waals surface area contributed by atoms with Crippen LogP contribution >= 0.6 is 0 Å². The maximum atomic E-state index is 11.9. The van der Waals surface area contributed by atoms with E-state index >= 15 is 0 Å². The van der Waals surface area contributed by atoms with Crippen LogP contribution in [0.5, 0.6) is 0 Å². The van der Waals surface area contributed by atoms with Gasteiger partial charge >= 0.3 is 11.9 Å². The Morgan fingerprint density at radius 1 is 1.33 bits per heavy atom. The van der Waals surface area contributed by atoms with Gasteiger partial charge in [0.25, 0.3) is 0 Å². The summed E-state index contributed by atoms with van der Waals surface area (Å²) in [5.41, 5.74) is 4.22. The molecular weight excluding hydrogens is 234 g/mol. The first-order valence-corrected chi connectivity index (χ1v) is 6.36. The lowest BCUT2D eigenvalue weighted by Crippen LogP contribution is -2.43. The van der Waals surface area contributed by atoms with Crippen LogP contribution in [0.25, 0.3) is 0 Å². The van der Waals surface area contributed by atoms with Crippen molar-refractivity contribution in [2.24, 2.45) is 17.1 Å². The monoisotopic (exact) mass is 257 g/mol. The highest BCUT2D eigenvalue weighted by atomic mass is 16.6. The number of carbonyl (C=O) groups excluding carboxylic acids is 1. The summed E-state index contributed by atoms with van der Waals surface area (Å²) in [5, 5.41) is 9.20. The molecule has 0 saturated heterocycles. The largest absolute Gasteiger partial charge is 0.481 e. The summed E-state index contributed by atoms with van der Waals surface area (Å²) in [6.45, 7) is 5.61. The van der Waals surface area contributed by atoms with Crippen LogP contribution in [0.3, 0.4) is 0 Å². The van der Waals surface area contributed by atoms with Gasteiger partial charge in [-0.2, -0.15) is 0 Å². The number of aliphatic carboxylic acids is 1. The fourth-order valence-corrected chi connectivity index (χ4v) is 2.30. The molecule has 1 rings (SSSR count). The number of hydrogen-bond acceptors (Lipinski definition) is 4. The van der Waals surface area contributed by atoms with Gasteiger partial charge < -0.3 is 15.6 Å². The molecule has 0 heterocycles. The van der Waals surface area contributed by atoms with Crippen LogP contribution in [0, 0.1) is 11.3 Å². The summed E-state index contributed by atoms with van der Waals surface area (Å²) < 4.78 is 5.32. The van der Waals surface area contributed by atoms with E-state index in [9.17, 15) is 14.7 Å². The molecule has 1 saturated carbocycles. The third-order valence-electron chi connectivity index (χ3n) is 3.53. The van der Waals surface area contributed by atoms with Gasteiger partial charge in [-0.25, -0.2) is 0 Å². The zero-order valence-electron chi connectivity index (χ0n) is 11.4. The van der Waals surface area contributed by atoms with Gasteiger partial charge in [0.15, 0.2) is 0 Å². The van der Waals surface area contributed by atoms with Gasteiger partial charge in [-0.15, -0.1) is 0 Å². The van der Waals surface area contributed by atoms with E-state index in [1.54, 1.807) is 0 Å². The molecule has 1 aliphatic carbocycles. The molecule has 0 aromatic rings. The van der Waals surface area contributed by atoms with E-state index in [0.717, 1.165) is 0 Å². The average molecular weight is 257 g/mol. The number of carboxylic acids is 1. The topological polar surface area (TPSA) is 89.6 Å². The zero-order valence-corrected chi connectivity index (χ0v) is 11.4. The maximum absolute atomic E-state index is 11.9. The normalized spacial score (nSPS) is 28.8. The molecule has 0 aromatic heterocycles. The third kappa shape index (κ3) is 3.45. The predicted molar refractivity (Wildman–Crippen MR) is 66.9 cm³/mol. The molecule has 0 aliphatic heterocycles. The second kappa shape index (κ2) is 5.26. The summed E-state index contributed by atoms with van der Waals surface area (Å²) in [5.74, 6) is -1.27. The Balaban J connectivity index is 2.58. The van der Waals surface area contributed by atoms with Crippen LogP contribution in [0.2, 0.25) is 0 Å². The molecule has 0 amide bonds. The minimum Gasteiger partial charge on any atom is -0.481 e. The standard InChI is InChI=1S/C13H23NO4/c1-12(2,3)18-10(15)9-4-6-13(8-14,7-5-9)11(16)17/h9H,4-8,14H2,1-3H3,(H,16,17)/t9-,13-. The predicted octanol–water partition coefficient (Wildman–Crippen LogP) is 1.55. The highest BCUT2D eigenvalue weighted by molar-refractivity contribution is 5.77. The van der Waals surface area contributed by atoms with Crippen molar-refractivity contribution >= 4 is 11.9 Å². The van der Waals surface area contributed by atoms with Gasteiger partial charge in [-0.3, -0.25) is 9.59 Å². The van der Waals surface area contributed by atoms with Crippen molar-refractivity contribution in [1.82, 2.24) is 0 Å². The molecule has 104 valence electrons. The van der Waals surface area contributed by atoms with E-state index < -0.39 is 17.0 Å². The summed E-state index contributed by atoms with van der Waals surface area (Å²) in [7, 11) is 0. The van der Waals surface area contributed by atoms with Crippen LogP contribution in [0.15, 0.2) is 0 Å². The van der Waals surface area contributed by atoms with Gasteiger partial charge in [0, 0.05) is 6.54 Å². The van der Waals surface area contributed by atoms with Crippen molar-refractivity contribution in [2.45, 2.75) is 52.1 Å². The smallest absolute Gasteiger partial charge is 0.310 e. The fraction of sp³-hybridized carbons (Fsp3) is 0.846. The Hall–Kier alpha value is -1.10. The van der Waals surface area contributed by atoms with E-state index in [-0.39, 0.29) is 18.4 Å². The Labute approximate surface area is 108 Å². The zero-order chi connectivity index (χ0) is 14.0. The van der Waals surface area contributed by atoms with Gasteiger partial charge in [0.1, 0.15) is 5.60 Å². The van der Waals surface area contributed by atoms with Crippen molar-refractivity contribution in [1.29, 1.82) is 0 Å². The second-order valence-electron chi connectivity index (χ2n) is 6.10. The molecular formula is C13H23NO4. The van der Waals surface area contributed by atoms with E-state index in [1.807, 2.05) is 20.8 Å². The van der Waals surface area contributed by atoms with Gasteiger partial charge in [0.2, 0.25) is 0 Å². The number of hydrogen-bond donors (Lipinski definition) is 2. The first-order chi connectivity index (χ1) is 8.20. The fourth-order valence-electron chi connectivity index (χ4n) is 2.30. The van der Waals surface area contributed by atoms with E-state index in [0.29, 0.717) is 25.7 Å². The number of nitrogens with two attached hydrogens (primary N) is 1. The Morgan fingerprint density at radius 3 is 2.17 bits per heavy atom. The summed E-state index contributed by atoms with van der Waals surface area (Å²) in [4.78, 5) is 23.1. The van der Waals surface area contributed by atoms with E-state index in [2.05, 4.69) is 0 Å². The molecule has 5 heteroatoms. The molecule has 1 fully saturated rings. The van der Waals surface area contributed by atoms with Crippen molar-refractivity contribution in [3.05, 3.63) is 0 Å². The SMILES string of the molecule is CC(C)(C)OC(=O)[C@H]1CC[C@](CN)(C(=O)O)CC1. The molecule has 3 N–H and O–H groups in total. The molecule has 0 atom stereocenters. The van der Waals surface area contributed by atoms with E-state index in [4.69, 9.17) is 10.5 Å². The average Bonchev–Trinajstić information content (AvgIpc) is 2.26. The summed E-state index contributed by atoms with van der Waals surface area (Å²) in [6, 6.07) is 0. The molecule has 0 unspecified atom stereocenters. The van der Waals surface area contributed by atoms with E-state index in [1.165, 1.54) is 0 Å². The number of rotatable bonds is 3. The summed E-state index contributed by atoms with van der Waals surface area (Å²) >= 11 is 0. The number of carboxylic acid groups (broad SMARTS) is 1. The quantitative estimate of drug-likeness (QED) is 0.749. The molecule has 0 bridgehead atoms. The van der Waals surface area contributed by atoms with Gasteiger partial charge in [-0.05, 0) is 46.5 Å². The Bertz CT molecular complexity index is 324. The molecule has 0 radical (unpaired) electrons. The van der Waals surface area contributed by atoms with Crippen LogP contribution in [0.4, 0.5) is 0 Å². The van der Waals surface area contributed by atoms with Crippen molar-refractivity contribution in [3.63, 3.8) is 0 Å². The first kappa shape index (κ1) is 15.0. The number of esters is 1. The van der Waals surface area contributed by atoms with Gasteiger partial charge in [0.05, 0.1) is 11.3 Å². The minimum absolute atomic E-state index is 0.128.